The topological polar surface area (TPSA) is 66.2 Å². The number of aliphatic hydroxyl groups excluding tert-OH is 1. The third kappa shape index (κ3) is 1.80. The van der Waals surface area contributed by atoms with Crippen molar-refractivity contribution in [2.45, 2.75) is 5.60 Å². The number of hydrogen-bond acceptors (Lipinski definition) is 4. The van der Waals surface area contributed by atoms with E-state index in [1.807, 2.05) is 0 Å². The van der Waals surface area contributed by atoms with E-state index in [1.165, 1.54) is 0 Å². The molecule has 0 aliphatic carbocycles. The summed E-state index contributed by atoms with van der Waals surface area (Å²) in [6.07, 6.45) is 3.14. The van der Waals surface area contributed by atoms with Crippen molar-refractivity contribution in [1.29, 1.82) is 0 Å². The van der Waals surface area contributed by atoms with Gasteiger partial charge in [0.15, 0.2) is 5.60 Å². The van der Waals surface area contributed by atoms with E-state index in [0.717, 1.165) is 0 Å². The lowest BCUT2D eigenvalue weighted by Crippen LogP contribution is -2.33. The molecule has 4 heteroatoms. The Morgan fingerprint density at radius 2 is 1.44 bits per heavy atom. The number of aliphatic hydroxyl groups is 2. The molecule has 0 saturated heterocycles. The van der Waals surface area contributed by atoms with Gasteiger partial charge < -0.3 is 10.2 Å². The van der Waals surface area contributed by atoms with Gasteiger partial charge in [-0.15, -0.1) is 0 Å². The molecule has 4 nitrogen and oxygen atoms in total. The van der Waals surface area contributed by atoms with E-state index < -0.39 is 12.2 Å². The molecule has 0 aliphatic heterocycles. The van der Waals surface area contributed by atoms with Crippen molar-refractivity contribution in [3.8, 4) is 0 Å². The van der Waals surface area contributed by atoms with Crippen LogP contribution in [0.3, 0.4) is 0 Å². The minimum Gasteiger partial charge on any atom is -0.393 e. The number of aromatic nitrogens is 2. The van der Waals surface area contributed by atoms with Crippen LogP contribution in [0.15, 0.2) is 48.8 Å². The summed E-state index contributed by atoms with van der Waals surface area (Å²) in [5, 5.41) is 19.7. The highest BCUT2D eigenvalue weighted by Crippen LogP contribution is 2.25. The number of nitrogens with zero attached hydrogens (tertiary/aromatic N) is 2. The van der Waals surface area contributed by atoms with Gasteiger partial charge in [-0.05, 0) is 24.3 Å². The lowest BCUT2D eigenvalue weighted by Gasteiger charge is -2.24. The second-order valence-corrected chi connectivity index (χ2v) is 3.45. The summed E-state index contributed by atoms with van der Waals surface area (Å²) in [4.78, 5) is 8.10. The van der Waals surface area contributed by atoms with Gasteiger partial charge in [-0.25, -0.2) is 0 Å². The second-order valence-electron chi connectivity index (χ2n) is 3.45. The van der Waals surface area contributed by atoms with Crippen molar-refractivity contribution < 1.29 is 10.2 Å². The van der Waals surface area contributed by atoms with Crippen LogP contribution in [0.25, 0.3) is 0 Å². The van der Waals surface area contributed by atoms with Crippen molar-refractivity contribution in [2.24, 2.45) is 0 Å². The SMILES string of the molecule is OCC(O)(c1ccccn1)c1ccccn1. The van der Waals surface area contributed by atoms with Crippen LogP contribution in [0.1, 0.15) is 11.4 Å². The number of rotatable bonds is 3. The zero-order valence-electron chi connectivity index (χ0n) is 8.61. The van der Waals surface area contributed by atoms with E-state index in [0.29, 0.717) is 11.4 Å². The molecule has 82 valence electrons. The van der Waals surface area contributed by atoms with E-state index in [2.05, 4.69) is 9.97 Å². The predicted molar refractivity (Wildman–Crippen MR) is 58.6 cm³/mol. The molecule has 2 N–H and O–H groups in total. The first kappa shape index (κ1) is 10.7. The normalized spacial score (nSPS) is 11.4. The van der Waals surface area contributed by atoms with E-state index in [9.17, 15) is 10.2 Å². The first-order chi connectivity index (χ1) is 7.77. The Kier molecular flexibility index (Phi) is 2.94. The summed E-state index contributed by atoms with van der Waals surface area (Å²) in [5.74, 6) is 0. The van der Waals surface area contributed by atoms with Gasteiger partial charge in [0, 0.05) is 12.4 Å². The highest BCUT2D eigenvalue weighted by molar-refractivity contribution is 5.26. The fourth-order valence-corrected chi connectivity index (χ4v) is 1.51. The van der Waals surface area contributed by atoms with E-state index in [-0.39, 0.29) is 0 Å². The van der Waals surface area contributed by atoms with Crippen molar-refractivity contribution in [2.75, 3.05) is 6.61 Å². The van der Waals surface area contributed by atoms with Crippen molar-refractivity contribution in [3.63, 3.8) is 0 Å². The van der Waals surface area contributed by atoms with Gasteiger partial charge in [-0.3, -0.25) is 9.97 Å². The van der Waals surface area contributed by atoms with Crippen LogP contribution in [0.2, 0.25) is 0 Å². The largest absolute Gasteiger partial charge is 0.393 e. The van der Waals surface area contributed by atoms with Crippen LogP contribution in [-0.2, 0) is 5.60 Å². The Bertz CT molecular complexity index is 406. The highest BCUT2D eigenvalue weighted by atomic mass is 16.3. The van der Waals surface area contributed by atoms with Crippen LogP contribution >= 0.6 is 0 Å². The lowest BCUT2D eigenvalue weighted by molar-refractivity contribution is 0.0102. The molecule has 0 aliphatic rings. The average Bonchev–Trinajstić information content (AvgIpc) is 2.40. The van der Waals surface area contributed by atoms with Crippen LogP contribution in [0, 0.1) is 0 Å². The molecule has 0 saturated carbocycles. The van der Waals surface area contributed by atoms with Gasteiger partial charge in [0.25, 0.3) is 0 Å². The minimum atomic E-state index is -1.54. The summed E-state index contributed by atoms with van der Waals surface area (Å²) in [7, 11) is 0. The maximum Gasteiger partial charge on any atom is 0.171 e. The minimum absolute atomic E-state index is 0.385. The molecule has 0 atom stereocenters. The smallest absolute Gasteiger partial charge is 0.171 e. The van der Waals surface area contributed by atoms with Crippen LogP contribution in [0.5, 0.6) is 0 Å². The summed E-state index contributed by atoms with van der Waals surface area (Å²) < 4.78 is 0. The molecule has 0 bridgehead atoms. The van der Waals surface area contributed by atoms with Gasteiger partial charge in [0.2, 0.25) is 0 Å². The zero-order valence-corrected chi connectivity index (χ0v) is 8.61. The zero-order chi connectivity index (χ0) is 11.4. The molecule has 2 aromatic heterocycles. The first-order valence-electron chi connectivity index (χ1n) is 4.93. The summed E-state index contributed by atoms with van der Waals surface area (Å²) >= 11 is 0. The van der Waals surface area contributed by atoms with Gasteiger partial charge in [-0.1, -0.05) is 12.1 Å². The van der Waals surface area contributed by atoms with Crippen molar-refractivity contribution >= 4 is 0 Å². The van der Waals surface area contributed by atoms with E-state index >= 15 is 0 Å². The van der Waals surface area contributed by atoms with Gasteiger partial charge in [0.1, 0.15) is 0 Å². The van der Waals surface area contributed by atoms with Crippen molar-refractivity contribution in [3.05, 3.63) is 60.2 Å². The molecule has 0 unspecified atom stereocenters. The molecule has 2 rings (SSSR count). The quantitative estimate of drug-likeness (QED) is 0.792. The number of hydrogen-bond donors (Lipinski definition) is 2. The first-order valence-corrected chi connectivity index (χ1v) is 4.93. The van der Waals surface area contributed by atoms with E-state index in [4.69, 9.17) is 0 Å². The number of pyridine rings is 2. The third-order valence-electron chi connectivity index (χ3n) is 2.41. The van der Waals surface area contributed by atoms with Crippen LogP contribution in [0.4, 0.5) is 0 Å². The van der Waals surface area contributed by atoms with E-state index in [1.54, 1.807) is 48.8 Å². The van der Waals surface area contributed by atoms with Gasteiger partial charge >= 0.3 is 0 Å². The molecule has 0 amide bonds. The fraction of sp³-hybridized carbons (Fsp3) is 0.167. The average molecular weight is 216 g/mol. The lowest BCUT2D eigenvalue weighted by atomic mass is 9.95. The molecular formula is C12H12N2O2. The Balaban J connectivity index is 2.49. The molecule has 0 fully saturated rings. The molecular weight excluding hydrogens is 204 g/mol. The second kappa shape index (κ2) is 4.38. The molecule has 2 heterocycles. The van der Waals surface area contributed by atoms with Gasteiger partial charge in [0.05, 0.1) is 18.0 Å². The maximum absolute atomic E-state index is 10.4. The molecule has 0 radical (unpaired) electrons. The Labute approximate surface area is 93.2 Å². The maximum atomic E-state index is 10.4. The van der Waals surface area contributed by atoms with Gasteiger partial charge in [-0.2, -0.15) is 0 Å². The fourth-order valence-electron chi connectivity index (χ4n) is 1.51. The molecule has 16 heavy (non-hydrogen) atoms. The van der Waals surface area contributed by atoms with Crippen LogP contribution < -0.4 is 0 Å². The monoisotopic (exact) mass is 216 g/mol. The summed E-state index contributed by atoms with van der Waals surface area (Å²) in [6.45, 7) is -0.457. The standard InChI is InChI=1S/C12H12N2O2/c15-9-12(16,10-5-1-3-7-13-10)11-6-2-4-8-14-11/h1-8,15-16H,9H2. The molecule has 0 spiro atoms. The Morgan fingerprint density at radius 3 is 1.75 bits per heavy atom. The summed E-state index contributed by atoms with van der Waals surface area (Å²) in [6, 6.07) is 10.3. The highest BCUT2D eigenvalue weighted by Gasteiger charge is 2.33. The molecule has 0 aromatic carbocycles. The third-order valence-corrected chi connectivity index (χ3v) is 2.41. The Hall–Kier alpha value is -1.78. The van der Waals surface area contributed by atoms with Crippen molar-refractivity contribution in [1.82, 2.24) is 9.97 Å². The Morgan fingerprint density at radius 1 is 0.938 bits per heavy atom. The van der Waals surface area contributed by atoms with Crippen LogP contribution in [-0.4, -0.2) is 26.8 Å². The summed E-state index contributed by atoms with van der Waals surface area (Å²) in [5.41, 5.74) is -0.768. The predicted octanol–water partition coefficient (Wildman–Crippen LogP) is 0.705. The molecule has 2 aromatic rings.